The van der Waals surface area contributed by atoms with E-state index in [9.17, 15) is 0 Å². The molecule has 0 atom stereocenters. The maximum absolute atomic E-state index is 8.42. The van der Waals surface area contributed by atoms with E-state index in [1.807, 2.05) is 36.4 Å². The molecule has 0 saturated heterocycles. The molecule has 0 heterocycles. The quantitative estimate of drug-likeness (QED) is 0.605. The van der Waals surface area contributed by atoms with Crippen molar-refractivity contribution >= 4 is 22.6 Å². The van der Waals surface area contributed by atoms with Gasteiger partial charge in [-0.2, -0.15) is 0 Å². The summed E-state index contributed by atoms with van der Waals surface area (Å²) < 4.78 is 7.92. The second-order valence-corrected chi connectivity index (χ2v) is 2.84. The summed E-state index contributed by atoms with van der Waals surface area (Å²) in [5.74, 6) is 2.86. The fraction of sp³-hybridized carbons (Fsp3) is 0.714. The molecule has 0 aliphatic rings. The van der Waals surface area contributed by atoms with Gasteiger partial charge in [-0.15, -0.1) is 0 Å². The van der Waals surface area contributed by atoms with Crippen molar-refractivity contribution in [1.29, 1.82) is 0 Å². The molecule has 0 amide bonds. The van der Waals surface area contributed by atoms with Crippen molar-refractivity contribution < 1.29 is 9.84 Å². The zero-order valence-electron chi connectivity index (χ0n) is 6.15. The van der Waals surface area contributed by atoms with Crippen molar-refractivity contribution in [1.82, 2.24) is 0 Å². The predicted octanol–water partition coefficient (Wildman–Crippen LogP) is 1.17. The molecule has 2 nitrogen and oxygen atoms in total. The predicted molar refractivity (Wildman–Crippen MR) is 48.9 cm³/mol. The molecule has 0 spiro atoms. The van der Waals surface area contributed by atoms with Crippen molar-refractivity contribution in [2.24, 2.45) is 0 Å². The van der Waals surface area contributed by atoms with Crippen LogP contribution in [0.25, 0.3) is 0 Å². The Hall–Kier alpha value is 0.210. The molecule has 0 saturated carbocycles. The number of ether oxygens (including phenoxy) is 1. The average molecular weight is 254 g/mol. The van der Waals surface area contributed by atoms with E-state index >= 15 is 0 Å². The van der Waals surface area contributed by atoms with Gasteiger partial charge in [0.2, 0.25) is 0 Å². The molecule has 0 aliphatic carbocycles. The number of halogens is 1. The third-order valence-corrected chi connectivity index (χ3v) is 1.17. The summed E-state index contributed by atoms with van der Waals surface area (Å²) >= 11 is 1.96. The molecule has 0 aromatic carbocycles. The number of rotatable bonds is 3. The van der Waals surface area contributed by atoms with Gasteiger partial charge in [0.05, 0.1) is 13.2 Å². The van der Waals surface area contributed by atoms with Crippen molar-refractivity contribution in [2.45, 2.75) is 19.4 Å². The molecule has 0 bridgehead atoms. The summed E-state index contributed by atoms with van der Waals surface area (Å²) in [6, 6.07) is 0. The topological polar surface area (TPSA) is 29.5 Å². The number of hydrogen-bond donors (Lipinski definition) is 1. The van der Waals surface area contributed by atoms with Crippen molar-refractivity contribution in [3.63, 3.8) is 0 Å². The van der Waals surface area contributed by atoms with Crippen LogP contribution in [0.5, 0.6) is 0 Å². The van der Waals surface area contributed by atoms with E-state index in [2.05, 4.69) is 9.85 Å². The van der Waals surface area contributed by atoms with Crippen LogP contribution in [0.3, 0.4) is 0 Å². The van der Waals surface area contributed by atoms with Gasteiger partial charge in [0.15, 0.2) is 0 Å². The molecule has 10 heavy (non-hydrogen) atoms. The van der Waals surface area contributed by atoms with E-state index in [1.54, 1.807) is 0 Å². The molecule has 3 heteroatoms. The lowest BCUT2D eigenvalue weighted by atomic mass is 10.1. The van der Waals surface area contributed by atoms with Gasteiger partial charge < -0.3 is 9.84 Å². The maximum Gasteiger partial charge on any atom is 0.124 e. The zero-order valence-corrected chi connectivity index (χ0v) is 8.31. The summed E-state index contributed by atoms with van der Waals surface area (Å²) in [6.45, 7) is 4.13. The Bertz CT molecular complexity index is 143. The Balaban J connectivity index is 3.71. The Kier molecular flexibility index (Phi) is 5.04. The molecule has 0 aliphatic heterocycles. The van der Waals surface area contributed by atoms with Crippen LogP contribution >= 0.6 is 22.6 Å². The third-order valence-electron chi connectivity index (χ3n) is 0.902. The van der Waals surface area contributed by atoms with Gasteiger partial charge in [-0.1, -0.05) is 5.92 Å². The highest BCUT2D eigenvalue weighted by Gasteiger charge is 2.12. The van der Waals surface area contributed by atoms with E-state index in [4.69, 9.17) is 9.84 Å². The van der Waals surface area contributed by atoms with Crippen molar-refractivity contribution in [2.75, 3.05) is 13.2 Å². The van der Waals surface area contributed by atoms with Crippen LogP contribution in [-0.2, 0) is 4.74 Å². The highest BCUT2D eigenvalue weighted by Crippen LogP contribution is 2.06. The van der Waals surface area contributed by atoms with Crippen LogP contribution < -0.4 is 0 Å². The fourth-order valence-electron chi connectivity index (χ4n) is 0.451. The minimum atomic E-state index is -0.427. The van der Waals surface area contributed by atoms with Gasteiger partial charge in [0.1, 0.15) is 5.60 Å². The Morgan fingerprint density at radius 2 is 2.20 bits per heavy atom. The number of hydrogen-bond acceptors (Lipinski definition) is 2. The lowest BCUT2D eigenvalue weighted by molar-refractivity contribution is 0.00612. The molecular weight excluding hydrogens is 243 g/mol. The van der Waals surface area contributed by atoms with Gasteiger partial charge in [-0.3, -0.25) is 0 Å². The molecule has 0 aromatic heterocycles. The molecular formula is C7H11IO2. The van der Waals surface area contributed by atoms with Gasteiger partial charge in [-0.25, -0.2) is 0 Å². The number of aliphatic hydroxyl groups is 1. The molecule has 0 fully saturated rings. The van der Waals surface area contributed by atoms with Crippen LogP contribution in [0.2, 0.25) is 0 Å². The van der Waals surface area contributed by atoms with E-state index in [-0.39, 0.29) is 6.61 Å². The normalized spacial score (nSPS) is 10.4. The van der Waals surface area contributed by atoms with E-state index in [0.29, 0.717) is 6.61 Å². The highest BCUT2D eigenvalue weighted by molar-refractivity contribution is 14.1. The lowest BCUT2D eigenvalue weighted by Gasteiger charge is -2.17. The maximum atomic E-state index is 8.42. The van der Waals surface area contributed by atoms with Gasteiger partial charge in [-0.05, 0) is 17.8 Å². The summed E-state index contributed by atoms with van der Waals surface area (Å²) in [5.41, 5.74) is -0.427. The van der Waals surface area contributed by atoms with E-state index < -0.39 is 5.60 Å². The monoisotopic (exact) mass is 254 g/mol. The van der Waals surface area contributed by atoms with E-state index in [0.717, 1.165) is 0 Å². The minimum Gasteiger partial charge on any atom is -0.394 e. The van der Waals surface area contributed by atoms with Crippen LogP contribution in [-0.4, -0.2) is 23.9 Å². The molecule has 0 unspecified atom stereocenters. The standard InChI is InChI=1S/C7H11IO2/c1-7(2,3-4-8)10-6-5-9/h9H,5-6H2,1-2H3. The molecule has 0 aromatic rings. The van der Waals surface area contributed by atoms with Gasteiger partial charge in [0, 0.05) is 22.6 Å². The summed E-state index contributed by atoms with van der Waals surface area (Å²) in [5, 5.41) is 8.42. The molecule has 1 N–H and O–H groups in total. The van der Waals surface area contributed by atoms with Gasteiger partial charge >= 0.3 is 0 Å². The Labute approximate surface area is 75.1 Å². The van der Waals surface area contributed by atoms with Crippen LogP contribution in [0.15, 0.2) is 0 Å². The minimum absolute atomic E-state index is 0.0480. The fourth-order valence-corrected chi connectivity index (χ4v) is 1.10. The summed E-state index contributed by atoms with van der Waals surface area (Å²) in [7, 11) is 0. The summed E-state index contributed by atoms with van der Waals surface area (Å²) in [6.07, 6.45) is 0. The lowest BCUT2D eigenvalue weighted by Crippen LogP contribution is -2.23. The second kappa shape index (κ2) is 4.94. The van der Waals surface area contributed by atoms with E-state index in [1.165, 1.54) is 0 Å². The SMILES string of the molecule is CC(C)(C#CI)OCCO. The largest absolute Gasteiger partial charge is 0.394 e. The average Bonchev–Trinajstić information content (AvgIpc) is 1.84. The third kappa shape index (κ3) is 5.03. The Morgan fingerprint density at radius 3 is 2.60 bits per heavy atom. The van der Waals surface area contributed by atoms with Crippen LogP contribution in [0, 0.1) is 9.85 Å². The molecule has 0 radical (unpaired) electrons. The van der Waals surface area contributed by atoms with Crippen molar-refractivity contribution in [3.8, 4) is 9.85 Å². The summed E-state index contributed by atoms with van der Waals surface area (Å²) in [4.78, 5) is 0. The highest BCUT2D eigenvalue weighted by atomic mass is 127. The Morgan fingerprint density at radius 1 is 1.60 bits per heavy atom. The van der Waals surface area contributed by atoms with Crippen molar-refractivity contribution in [3.05, 3.63) is 0 Å². The van der Waals surface area contributed by atoms with Gasteiger partial charge in [0.25, 0.3) is 0 Å². The first-order valence-electron chi connectivity index (χ1n) is 3.00. The first-order chi connectivity index (χ1) is 4.62. The smallest absolute Gasteiger partial charge is 0.124 e. The number of aliphatic hydroxyl groups excluding tert-OH is 1. The first-order valence-corrected chi connectivity index (χ1v) is 4.08. The molecule has 0 rings (SSSR count). The second-order valence-electron chi connectivity index (χ2n) is 2.30. The zero-order chi connectivity index (χ0) is 8.04. The van der Waals surface area contributed by atoms with Crippen LogP contribution in [0.1, 0.15) is 13.8 Å². The molecule has 58 valence electrons. The first kappa shape index (κ1) is 10.2. The van der Waals surface area contributed by atoms with Crippen LogP contribution in [0.4, 0.5) is 0 Å².